The number of aromatic nitrogens is 4. The number of carbonyl (C=O) groups excluding carboxylic acids is 3. The average molecular weight is 1010 g/mol. The van der Waals surface area contributed by atoms with Crippen LogP contribution < -0.4 is 30.9 Å². The number of anilines is 3. The first-order chi connectivity index (χ1) is 35.2. The number of phenolic OH excluding ortho intramolecular Hbond substituents is 1. The van der Waals surface area contributed by atoms with Gasteiger partial charge < -0.3 is 50.9 Å². The third-order valence-electron chi connectivity index (χ3n) is 15.9. The van der Waals surface area contributed by atoms with E-state index in [4.69, 9.17) is 15.5 Å². The van der Waals surface area contributed by atoms with Crippen LogP contribution in [0.25, 0.3) is 21.7 Å². The lowest BCUT2D eigenvalue weighted by atomic mass is 9.82. The summed E-state index contributed by atoms with van der Waals surface area (Å²) in [5, 5.41) is 35.8. The molecule has 2 unspecified atom stereocenters. The van der Waals surface area contributed by atoms with Crippen LogP contribution in [0.2, 0.25) is 0 Å². The highest BCUT2D eigenvalue weighted by Crippen LogP contribution is 2.40. The number of aromatic hydroxyl groups is 1. The molecule has 5 aromatic rings. The van der Waals surface area contributed by atoms with Crippen LogP contribution in [0.1, 0.15) is 89.8 Å². The number of piperidine rings is 1. The first kappa shape index (κ1) is 50.2. The predicted octanol–water partition coefficient (Wildman–Crippen LogP) is 6.33. The molecule has 5 fully saturated rings. The number of aliphatic hydroxyl groups excluding tert-OH is 1. The number of para-hydroxylation sites is 1. The summed E-state index contributed by atoms with van der Waals surface area (Å²) < 4.78 is 6.46. The molecular weight excluding hydrogens is 943 g/mol. The fraction of sp³-hybridized carbons (Fsp3) is 0.509. The molecule has 18 heteroatoms. The Morgan fingerprint density at radius 2 is 1.58 bits per heavy atom. The van der Waals surface area contributed by atoms with Crippen molar-refractivity contribution in [1.29, 1.82) is 0 Å². The van der Waals surface area contributed by atoms with E-state index in [2.05, 4.69) is 46.6 Å². The van der Waals surface area contributed by atoms with Crippen LogP contribution in [0, 0.1) is 18.3 Å². The Bertz CT molecular complexity index is 2740. The number of likely N-dealkylation sites (tertiary alicyclic amines) is 2. The summed E-state index contributed by atoms with van der Waals surface area (Å²) in [7, 11) is 0. The number of nitrogen functional groups attached to an aromatic ring is 1. The maximum atomic E-state index is 14.3. The lowest BCUT2D eigenvalue weighted by Gasteiger charge is -2.43. The van der Waals surface area contributed by atoms with Crippen molar-refractivity contribution >= 4 is 46.3 Å². The second-order valence-electron chi connectivity index (χ2n) is 21.8. The monoisotopic (exact) mass is 1010 g/mol. The minimum atomic E-state index is -0.860. The molecule has 3 aromatic heterocycles. The van der Waals surface area contributed by atoms with Crippen molar-refractivity contribution < 1.29 is 29.3 Å². The topological polar surface area (TPSA) is 216 Å². The zero-order chi connectivity index (χ0) is 51.0. The van der Waals surface area contributed by atoms with Gasteiger partial charge in [0.25, 0.3) is 0 Å². The molecule has 17 nitrogen and oxygen atoms in total. The number of ether oxygens (including phenoxy) is 1. The highest BCUT2D eigenvalue weighted by molar-refractivity contribution is 7.13. The van der Waals surface area contributed by atoms with E-state index >= 15 is 0 Å². The number of β-amino-alcohol motifs (C(OH)–C–C–N with tert-alkyl or cyclic N) is 1. The normalized spacial score (nSPS) is 24.1. The van der Waals surface area contributed by atoms with Crippen molar-refractivity contribution in [2.45, 2.75) is 134 Å². The smallest absolute Gasteiger partial charge is 0.246 e. The Balaban J connectivity index is 0.670. The van der Waals surface area contributed by atoms with Crippen LogP contribution in [-0.4, -0.2) is 133 Å². The number of carbonyl (C=O) groups is 3. The lowest BCUT2D eigenvalue weighted by molar-refractivity contribution is -0.144. The Kier molecular flexibility index (Phi) is 14.6. The molecule has 1 aliphatic carbocycles. The molecule has 386 valence electrons. The van der Waals surface area contributed by atoms with Gasteiger partial charge in [-0.3, -0.25) is 14.4 Å². The minimum absolute atomic E-state index is 0.0343. The van der Waals surface area contributed by atoms with Crippen LogP contribution >= 0.6 is 11.3 Å². The average Bonchev–Trinajstić information content (AvgIpc) is 4.08. The highest BCUT2D eigenvalue weighted by atomic mass is 32.1. The minimum Gasteiger partial charge on any atom is -0.507 e. The molecule has 73 heavy (non-hydrogen) atoms. The Morgan fingerprint density at radius 3 is 2.23 bits per heavy atom. The molecular formula is C55H69N11O6S. The number of fused-ring (bicyclic) bond motifs is 2. The maximum absolute atomic E-state index is 14.3. The Hall–Kier alpha value is -6.37. The summed E-state index contributed by atoms with van der Waals surface area (Å²) in [6.07, 6.45) is 8.52. The number of hydrogen-bond acceptors (Lipinski definition) is 15. The molecule has 5 aliphatic rings. The second-order valence-corrected chi connectivity index (χ2v) is 22.7. The van der Waals surface area contributed by atoms with E-state index in [1.165, 1.54) is 4.90 Å². The first-order valence-corrected chi connectivity index (χ1v) is 26.9. The van der Waals surface area contributed by atoms with E-state index in [1.807, 2.05) is 87.9 Å². The van der Waals surface area contributed by atoms with Gasteiger partial charge in [-0.1, -0.05) is 57.2 Å². The van der Waals surface area contributed by atoms with Crippen molar-refractivity contribution in [3.63, 3.8) is 0 Å². The number of benzene rings is 2. The fourth-order valence-electron chi connectivity index (χ4n) is 11.9. The molecule has 2 aromatic carbocycles. The number of phenols is 1. The van der Waals surface area contributed by atoms with Crippen LogP contribution in [0.4, 0.5) is 17.2 Å². The van der Waals surface area contributed by atoms with Gasteiger partial charge in [0.05, 0.1) is 45.5 Å². The number of pyridine rings is 1. The van der Waals surface area contributed by atoms with Crippen LogP contribution in [-0.2, 0) is 20.9 Å². The van der Waals surface area contributed by atoms with Gasteiger partial charge >= 0.3 is 0 Å². The van der Waals surface area contributed by atoms with E-state index in [9.17, 15) is 24.6 Å². The molecule has 1 saturated carbocycles. The summed E-state index contributed by atoms with van der Waals surface area (Å²) in [6.45, 7) is 11.5. The Morgan fingerprint density at radius 1 is 0.863 bits per heavy atom. The fourth-order valence-corrected chi connectivity index (χ4v) is 12.7. The number of thiazole rings is 1. The third kappa shape index (κ3) is 11.0. The van der Waals surface area contributed by atoms with Crippen LogP contribution in [0.15, 0.2) is 78.4 Å². The summed E-state index contributed by atoms with van der Waals surface area (Å²) >= 11 is 1.59. The third-order valence-corrected chi connectivity index (χ3v) is 16.8. The summed E-state index contributed by atoms with van der Waals surface area (Å²) in [6, 6.07) is 20.4. The standard InChI is InChI=1S/C55H69N11O6S/c1-33-49(73-32-59-33)35-11-9-34(10-12-35)27-58-53(70)46-25-41(67)31-65(46)54(71)50(55(2,3)4)60-52(69)36-13-15-37(16-14-36)63-23-21-42(22-24-63)72-48-20-19-38(28-57-48)66-39-17-18-40(66)30-64(29-39)45-26-44(61-62-51(45)56)43-7-5-6-8-47(43)68/h5-12,19-20,26,28,32,36-37,39-42,46,50,67-68H,13-18,21-25,27,29-31H2,1-4H3,(H2,56,62)(H,58,70)(H,60,69)/t36?,37?,39?,40?,41-,46+,50-/m1/s1. The zero-order valence-electron chi connectivity index (χ0n) is 42.3. The molecule has 0 spiro atoms. The first-order valence-electron chi connectivity index (χ1n) is 26.0. The van der Waals surface area contributed by atoms with Gasteiger partial charge in [0, 0.05) is 81.4 Å². The number of nitrogens with two attached hydrogens (primary N) is 1. The van der Waals surface area contributed by atoms with Gasteiger partial charge in [-0.15, -0.1) is 21.5 Å². The van der Waals surface area contributed by atoms with Crippen LogP contribution in [0.5, 0.6) is 11.6 Å². The summed E-state index contributed by atoms with van der Waals surface area (Å²) in [5.41, 5.74) is 13.7. The number of aliphatic hydroxyl groups is 1. The van der Waals surface area contributed by atoms with Gasteiger partial charge in [0.2, 0.25) is 23.6 Å². The molecule has 5 atom stereocenters. The number of nitrogens with one attached hydrogen (secondary N) is 2. The van der Waals surface area contributed by atoms with Gasteiger partial charge in [-0.25, -0.2) is 9.97 Å². The van der Waals surface area contributed by atoms with Crippen molar-refractivity contribution in [3.8, 4) is 33.3 Å². The number of aryl methyl sites for hydroxylation is 1. The number of piperazine rings is 1. The number of amides is 3. The van der Waals surface area contributed by atoms with Gasteiger partial charge in [0.1, 0.15) is 23.9 Å². The SMILES string of the molecule is Cc1ncsc1-c1ccc(CNC(=O)[C@@H]2C[C@@H](O)CN2C(=O)[C@@H](NC(=O)C2CCC(N3CCC(Oc4ccc(N5C6CCC5CN(c5cc(-c7ccccc7O)nnc5N)C6)cn4)CC3)CC2)C(C)(C)C)cc1. The largest absolute Gasteiger partial charge is 0.507 e. The van der Waals surface area contributed by atoms with Crippen molar-refractivity contribution in [3.05, 3.63) is 89.7 Å². The second kappa shape index (κ2) is 21.2. The van der Waals surface area contributed by atoms with Crippen molar-refractivity contribution in [2.24, 2.45) is 11.3 Å². The number of nitrogens with zero attached hydrogens (tertiary/aromatic N) is 8. The molecule has 4 saturated heterocycles. The molecule has 6 N–H and O–H groups in total. The molecule has 3 amide bonds. The van der Waals surface area contributed by atoms with E-state index in [0.717, 1.165) is 111 Å². The summed E-state index contributed by atoms with van der Waals surface area (Å²) in [5.74, 6) is 0.169. The van der Waals surface area contributed by atoms with Crippen LogP contribution in [0.3, 0.4) is 0 Å². The van der Waals surface area contributed by atoms with Gasteiger partial charge in [-0.05, 0) is 99.1 Å². The highest BCUT2D eigenvalue weighted by Gasteiger charge is 2.46. The van der Waals surface area contributed by atoms with E-state index in [-0.39, 0.29) is 67.1 Å². The molecule has 4 aliphatic heterocycles. The van der Waals surface area contributed by atoms with Crippen molar-refractivity contribution in [2.75, 3.05) is 48.3 Å². The Labute approximate surface area is 431 Å². The van der Waals surface area contributed by atoms with E-state index in [1.54, 1.807) is 23.5 Å². The quantitative estimate of drug-likeness (QED) is 0.0873. The summed E-state index contributed by atoms with van der Waals surface area (Å²) in [4.78, 5) is 60.9. The molecule has 2 bridgehead atoms. The number of rotatable bonds is 13. The van der Waals surface area contributed by atoms with E-state index in [0.29, 0.717) is 29.0 Å². The van der Waals surface area contributed by atoms with Gasteiger partial charge in [-0.2, -0.15) is 0 Å². The molecule has 7 heterocycles. The molecule has 0 radical (unpaired) electrons. The zero-order valence-corrected chi connectivity index (χ0v) is 43.1. The predicted molar refractivity (Wildman–Crippen MR) is 282 cm³/mol. The number of hydrogen-bond donors (Lipinski definition) is 5. The maximum Gasteiger partial charge on any atom is 0.246 e. The van der Waals surface area contributed by atoms with Crippen molar-refractivity contribution in [1.82, 2.24) is 40.6 Å². The van der Waals surface area contributed by atoms with Gasteiger partial charge in [0.15, 0.2) is 5.82 Å². The molecule has 10 rings (SSSR count). The van der Waals surface area contributed by atoms with E-state index < -0.39 is 23.6 Å². The lowest BCUT2D eigenvalue weighted by Crippen LogP contribution is -2.58.